The van der Waals surface area contributed by atoms with Crippen molar-refractivity contribution in [3.05, 3.63) is 102 Å². The van der Waals surface area contributed by atoms with Gasteiger partial charge in [0.05, 0.1) is 17.1 Å². The van der Waals surface area contributed by atoms with Crippen molar-refractivity contribution in [2.45, 2.75) is 11.8 Å². The first-order valence-corrected chi connectivity index (χ1v) is 14.1. The molecule has 0 spiro atoms. The second-order valence-electron chi connectivity index (χ2n) is 7.84. The van der Waals surface area contributed by atoms with Crippen LogP contribution in [0.3, 0.4) is 0 Å². The van der Waals surface area contributed by atoms with Gasteiger partial charge in [-0.1, -0.05) is 48.5 Å². The molecule has 38 heavy (non-hydrogen) atoms. The summed E-state index contributed by atoms with van der Waals surface area (Å²) in [5.74, 6) is -1.19. The standard InChI is InChI=1S/C27H23N3O5S3/c1-2-35-26(32)22-17-23(18-9-5-3-6-10-18)37-25(22)29-27(36)28-20-13-15-21(16-14-20)38(33,34)30-24(31)19-11-7-4-8-12-19/h3-17H,2H2,1H3,(H,30,31)(H2,28,29,36). The van der Waals surface area contributed by atoms with E-state index in [1.165, 1.54) is 47.7 Å². The Bertz CT molecular complexity index is 1550. The van der Waals surface area contributed by atoms with E-state index in [0.29, 0.717) is 16.3 Å². The zero-order valence-corrected chi connectivity index (χ0v) is 22.6. The molecule has 0 fully saturated rings. The zero-order chi connectivity index (χ0) is 27.1. The highest BCUT2D eigenvalue weighted by Gasteiger charge is 2.20. The lowest BCUT2D eigenvalue weighted by molar-refractivity contribution is 0.0528. The third kappa shape index (κ3) is 6.62. The van der Waals surface area contributed by atoms with Gasteiger partial charge in [0.15, 0.2) is 5.11 Å². The lowest BCUT2D eigenvalue weighted by Gasteiger charge is -2.12. The third-order valence-corrected chi connectivity index (χ3v) is 7.85. The number of amides is 1. The number of nitrogens with one attached hydrogen (secondary N) is 3. The Kier molecular flexibility index (Phi) is 8.52. The fourth-order valence-electron chi connectivity index (χ4n) is 3.40. The maximum absolute atomic E-state index is 12.6. The van der Waals surface area contributed by atoms with Gasteiger partial charge in [-0.15, -0.1) is 11.3 Å². The van der Waals surface area contributed by atoms with Gasteiger partial charge in [0.2, 0.25) is 0 Å². The highest BCUT2D eigenvalue weighted by Crippen LogP contribution is 2.36. The number of rotatable bonds is 8. The zero-order valence-electron chi connectivity index (χ0n) is 20.1. The number of thiocarbonyl (C=S) groups is 1. The van der Waals surface area contributed by atoms with Crippen LogP contribution >= 0.6 is 23.6 Å². The molecule has 0 aliphatic heterocycles. The van der Waals surface area contributed by atoms with Gasteiger partial charge < -0.3 is 15.4 Å². The predicted octanol–water partition coefficient (Wildman–Crippen LogP) is 5.52. The van der Waals surface area contributed by atoms with Crippen molar-refractivity contribution in [3.63, 3.8) is 0 Å². The summed E-state index contributed by atoms with van der Waals surface area (Å²) in [5.41, 5.74) is 2.05. The molecule has 0 bridgehead atoms. The number of hydrogen-bond donors (Lipinski definition) is 3. The number of sulfonamides is 1. The molecule has 0 aliphatic rings. The van der Waals surface area contributed by atoms with Crippen molar-refractivity contribution in [1.29, 1.82) is 0 Å². The molecule has 0 unspecified atom stereocenters. The normalized spacial score (nSPS) is 10.9. The predicted molar refractivity (Wildman–Crippen MR) is 153 cm³/mol. The fraction of sp³-hybridized carbons (Fsp3) is 0.0741. The Labute approximate surface area is 229 Å². The van der Waals surface area contributed by atoms with Gasteiger partial charge in [-0.05, 0) is 67.2 Å². The van der Waals surface area contributed by atoms with Gasteiger partial charge in [-0.3, -0.25) is 4.79 Å². The third-order valence-electron chi connectivity index (χ3n) is 5.20. The number of carbonyl (C=O) groups excluding carboxylic acids is 2. The lowest BCUT2D eigenvalue weighted by atomic mass is 10.1. The first-order chi connectivity index (χ1) is 18.3. The van der Waals surface area contributed by atoms with Crippen LogP contribution in [0.2, 0.25) is 0 Å². The van der Waals surface area contributed by atoms with Crippen LogP contribution in [0.1, 0.15) is 27.6 Å². The Morgan fingerprint density at radius 1 is 0.895 bits per heavy atom. The summed E-state index contributed by atoms with van der Waals surface area (Å²) < 4.78 is 32.5. The molecule has 194 valence electrons. The molecule has 4 aromatic rings. The van der Waals surface area contributed by atoms with Crippen molar-refractivity contribution in [2.75, 3.05) is 17.2 Å². The summed E-state index contributed by atoms with van der Waals surface area (Å²) in [4.78, 5) is 25.6. The minimum atomic E-state index is -4.07. The summed E-state index contributed by atoms with van der Waals surface area (Å²) in [6, 6.07) is 25.2. The van der Waals surface area contributed by atoms with E-state index in [2.05, 4.69) is 15.4 Å². The molecule has 0 radical (unpaired) electrons. The Balaban J connectivity index is 1.46. The quantitative estimate of drug-likeness (QED) is 0.189. The number of hydrogen-bond acceptors (Lipinski definition) is 7. The molecule has 0 saturated heterocycles. The molecule has 3 aromatic carbocycles. The van der Waals surface area contributed by atoms with E-state index in [0.717, 1.165) is 10.4 Å². The molecule has 3 N–H and O–H groups in total. The smallest absolute Gasteiger partial charge is 0.341 e. The van der Waals surface area contributed by atoms with Crippen LogP contribution in [-0.4, -0.2) is 32.0 Å². The van der Waals surface area contributed by atoms with E-state index in [4.69, 9.17) is 17.0 Å². The average Bonchev–Trinajstić information content (AvgIpc) is 3.33. The van der Waals surface area contributed by atoms with Gasteiger partial charge >= 0.3 is 5.97 Å². The summed E-state index contributed by atoms with van der Waals surface area (Å²) in [6.07, 6.45) is 0. The first-order valence-electron chi connectivity index (χ1n) is 11.4. The molecule has 8 nitrogen and oxygen atoms in total. The highest BCUT2D eigenvalue weighted by atomic mass is 32.2. The molecule has 0 aliphatic carbocycles. The van der Waals surface area contributed by atoms with Gasteiger partial charge in [-0.2, -0.15) is 0 Å². The maximum atomic E-state index is 12.6. The topological polar surface area (TPSA) is 114 Å². The van der Waals surface area contributed by atoms with Crippen LogP contribution in [0, 0.1) is 0 Å². The summed E-state index contributed by atoms with van der Waals surface area (Å²) in [6.45, 7) is 1.97. The number of benzene rings is 3. The Hall–Kier alpha value is -4.06. The van der Waals surface area contributed by atoms with Gasteiger partial charge in [0.1, 0.15) is 5.00 Å². The highest BCUT2D eigenvalue weighted by molar-refractivity contribution is 7.90. The molecule has 0 atom stereocenters. The summed E-state index contributed by atoms with van der Waals surface area (Å²) in [7, 11) is -4.07. The van der Waals surface area contributed by atoms with Crippen molar-refractivity contribution in [2.24, 2.45) is 0 Å². The summed E-state index contributed by atoms with van der Waals surface area (Å²) in [5, 5.41) is 6.73. The van der Waals surface area contributed by atoms with E-state index in [1.54, 1.807) is 31.2 Å². The molecular formula is C27H23N3O5S3. The summed E-state index contributed by atoms with van der Waals surface area (Å²) >= 11 is 6.79. The second kappa shape index (κ2) is 12.0. The maximum Gasteiger partial charge on any atom is 0.341 e. The lowest BCUT2D eigenvalue weighted by Crippen LogP contribution is -2.30. The average molecular weight is 566 g/mol. The van der Waals surface area contributed by atoms with E-state index < -0.39 is 21.9 Å². The molecule has 4 rings (SSSR count). The fourth-order valence-corrected chi connectivity index (χ4v) is 5.72. The Morgan fingerprint density at radius 3 is 2.16 bits per heavy atom. The first kappa shape index (κ1) is 27.0. The van der Waals surface area contributed by atoms with Crippen molar-refractivity contribution in [3.8, 4) is 10.4 Å². The van der Waals surface area contributed by atoms with Gasteiger partial charge in [-0.25, -0.2) is 17.9 Å². The van der Waals surface area contributed by atoms with E-state index >= 15 is 0 Å². The second-order valence-corrected chi connectivity index (χ2v) is 11.0. The number of anilines is 2. The molecule has 11 heteroatoms. The molecule has 0 saturated carbocycles. The molecular weight excluding hydrogens is 543 g/mol. The minimum Gasteiger partial charge on any atom is -0.462 e. The van der Waals surface area contributed by atoms with Crippen molar-refractivity contribution >= 4 is 61.3 Å². The number of carbonyl (C=O) groups is 2. The van der Waals surface area contributed by atoms with Crippen LogP contribution in [0.4, 0.5) is 10.7 Å². The van der Waals surface area contributed by atoms with E-state index in [-0.39, 0.29) is 22.2 Å². The molecule has 1 aromatic heterocycles. The molecule has 1 heterocycles. The van der Waals surface area contributed by atoms with Gasteiger partial charge in [0, 0.05) is 16.1 Å². The largest absolute Gasteiger partial charge is 0.462 e. The van der Waals surface area contributed by atoms with Gasteiger partial charge in [0.25, 0.3) is 15.9 Å². The Morgan fingerprint density at radius 2 is 1.53 bits per heavy atom. The van der Waals surface area contributed by atoms with Crippen LogP contribution in [0.25, 0.3) is 10.4 Å². The van der Waals surface area contributed by atoms with E-state index in [9.17, 15) is 18.0 Å². The van der Waals surface area contributed by atoms with Crippen LogP contribution in [0.5, 0.6) is 0 Å². The van der Waals surface area contributed by atoms with Crippen LogP contribution in [-0.2, 0) is 14.8 Å². The number of thiophene rings is 1. The van der Waals surface area contributed by atoms with Crippen LogP contribution in [0.15, 0.2) is 95.9 Å². The SMILES string of the molecule is CCOC(=O)c1cc(-c2ccccc2)sc1NC(=S)Nc1ccc(S(=O)(=O)NC(=O)c2ccccc2)cc1. The van der Waals surface area contributed by atoms with Crippen molar-refractivity contribution < 1.29 is 22.7 Å². The van der Waals surface area contributed by atoms with Crippen molar-refractivity contribution in [1.82, 2.24) is 4.72 Å². The molecule has 1 amide bonds. The minimum absolute atomic E-state index is 0.0819. The van der Waals surface area contributed by atoms with Crippen LogP contribution < -0.4 is 15.4 Å². The number of ether oxygens (including phenoxy) is 1. The van der Waals surface area contributed by atoms with E-state index in [1.807, 2.05) is 30.3 Å². The number of esters is 1. The monoisotopic (exact) mass is 565 g/mol.